The van der Waals surface area contributed by atoms with Gasteiger partial charge in [-0.25, -0.2) is 0 Å². The van der Waals surface area contributed by atoms with Gasteiger partial charge in [-0.15, -0.1) is 0 Å². The van der Waals surface area contributed by atoms with Crippen LogP contribution in [0.4, 0.5) is 22.0 Å². The maximum Gasteiger partial charge on any atom is 0.461 e. The molecule has 0 fully saturated rings. The van der Waals surface area contributed by atoms with E-state index in [1.165, 1.54) is 0 Å². The van der Waals surface area contributed by atoms with Gasteiger partial charge in [0.15, 0.2) is 5.84 Å². The fraction of sp³-hybridized carbons (Fsp3) is 0.667. The molecule has 0 saturated heterocycles. The number of nitrogens with two attached hydrogens (primary N) is 1. The van der Waals surface area contributed by atoms with Crippen molar-refractivity contribution >= 4 is 5.84 Å². The zero-order valence-corrected chi connectivity index (χ0v) is 4.47. The first kappa shape index (κ1) is 9.12. The van der Waals surface area contributed by atoms with E-state index in [0.29, 0.717) is 0 Å². The third-order valence-corrected chi connectivity index (χ3v) is 0.694. The van der Waals surface area contributed by atoms with E-state index in [9.17, 15) is 22.0 Å². The number of hydrogen-bond acceptors (Lipinski definition) is 1. The van der Waals surface area contributed by atoms with Crippen LogP contribution < -0.4 is 5.73 Å². The molecular weight excluding hydrogens is 159 g/mol. The van der Waals surface area contributed by atoms with Crippen molar-refractivity contribution in [2.75, 3.05) is 0 Å². The molecule has 2 nitrogen and oxygen atoms in total. The molecule has 0 spiro atoms. The van der Waals surface area contributed by atoms with Gasteiger partial charge < -0.3 is 5.73 Å². The number of amidine groups is 1. The molecule has 0 aliphatic heterocycles. The quantitative estimate of drug-likeness (QED) is 0.338. The lowest BCUT2D eigenvalue weighted by atomic mass is 10.3. The fourth-order valence-corrected chi connectivity index (χ4v) is 0.153. The Hall–Kier alpha value is -0.880. The predicted octanol–water partition coefficient (Wildman–Crippen LogP) is 1.12. The molecule has 0 bridgehead atoms. The van der Waals surface area contributed by atoms with E-state index < -0.39 is 17.9 Å². The zero-order chi connectivity index (χ0) is 8.58. The van der Waals surface area contributed by atoms with Gasteiger partial charge in [0, 0.05) is 0 Å². The van der Waals surface area contributed by atoms with Gasteiger partial charge in [0.1, 0.15) is 0 Å². The smallest absolute Gasteiger partial charge is 0.382 e. The van der Waals surface area contributed by atoms with Crippen molar-refractivity contribution in [1.29, 1.82) is 5.41 Å². The fourth-order valence-electron chi connectivity index (χ4n) is 0.153. The summed E-state index contributed by atoms with van der Waals surface area (Å²) in [6.07, 6.45) is -5.77. The summed E-state index contributed by atoms with van der Waals surface area (Å²) in [6.45, 7) is 0. The summed E-state index contributed by atoms with van der Waals surface area (Å²) in [5, 5.41) is 5.86. The first-order valence-corrected chi connectivity index (χ1v) is 1.98. The highest BCUT2D eigenvalue weighted by Crippen LogP contribution is 2.34. The summed E-state index contributed by atoms with van der Waals surface area (Å²) >= 11 is 0. The van der Waals surface area contributed by atoms with Gasteiger partial charge in [0.2, 0.25) is 0 Å². The summed E-state index contributed by atoms with van der Waals surface area (Å²) in [5.74, 6) is -7.40. The minimum absolute atomic E-state index is 2.19. The summed E-state index contributed by atoms with van der Waals surface area (Å²) in [6, 6.07) is 0. The molecular formula is C3H3F5N2. The van der Waals surface area contributed by atoms with Crippen molar-refractivity contribution in [3.8, 4) is 0 Å². The molecule has 0 aromatic rings. The first-order chi connectivity index (χ1) is 4.19. The van der Waals surface area contributed by atoms with Crippen LogP contribution in [0.25, 0.3) is 0 Å². The first-order valence-electron chi connectivity index (χ1n) is 1.98. The minimum Gasteiger partial charge on any atom is -0.382 e. The monoisotopic (exact) mass is 162 g/mol. The van der Waals surface area contributed by atoms with E-state index in [0.717, 1.165) is 0 Å². The lowest BCUT2D eigenvalue weighted by Gasteiger charge is -2.16. The normalized spacial score (nSPS) is 13.3. The largest absolute Gasteiger partial charge is 0.461 e. The number of nitrogens with one attached hydrogen (secondary N) is 1. The van der Waals surface area contributed by atoms with Crippen LogP contribution in [0.3, 0.4) is 0 Å². The Labute approximate surface area is 52.3 Å². The summed E-state index contributed by atoms with van der Waals surface area (Å²) in [4.78, 5) is 0. The molecule has 0 aliphatic carbocycles. The lowest BCUT2D eigenvalue weighted by Crippen LogP contribution is -2.47. The maximum absolute atomic E-state index is 11.6. The molecule has 0 atom stereocenters. The zero-order valence-electron chi connectivity index (χ0n) is 4.47. The lowest BCUT2D eigenvalue weighted by molar-refractivity contribution is -0.249. The number of alkyl halides is 5. The second-order valence-electron chi connectivity index (χ2n) is 1.49. The van der Waals surface area contributed by atoms with Gasteiger partial charge in [-0.3, -0.25) is 5.41 Å². The van der Waals surface area contributed by atoms with Crippen LogP contribution in [-0.2, 0) is 0 Å². The second-order valence-corrected chi connectivity index (χ2v) is 1.49. The maximum atomic E-state index is 11.6. The molecule has 60 valence electrons. The average Bonchev–Trinajstić information content (AvgIpc) is 1.62. The van der Waals surface area contributed by atoms with E-state index in [2.05, 4.69) is 5.73 Å². The van der Waals surface area contributed by atoms with E-state index in [4.69, 9.17) is 5.41 Å². The molecule has 0 radical (unpaired) electrons. The standard InChI is InChI=1S/C3H3F5N2/c4-2(5,1(9)10)3(6,7)8/h(H3,9,10). The van der Waals surface area contributed by atoms with Crippen molar-refractivity contribution in [2.24, 2.45) is 5.73 Å². The Kier molecular flexibility index (Phi) is 1.88. The van der Waals surface area contributed by atoms with Gasteiger partial charge in [-0.1, -0.05) is 0 Å². The summed E-state index contributed by atoms with van der Waals surface area (Å²) in [5.41, 5.74) is 3.97. The molecule has 0 aliphatic rings. The molecule has 0 aromatic carbocycles. The highest BCUT2D eigenvalue weighted by atomic mass is 19.4. The Morgan fingerprint density at radius 2 is 1.40 bits per heavy atom. The highest BCUT2D eigenvalue weighted by molar-refractivity contribution is 5.85. The SMILES string of the molecule is N=C(N)C(F)(F)C(F)(F)F. The van der Waals surface area contributed by atoms with Crippen LogP contribution in [-0.4, -0.2) is 17.9 Å². The Morgan fingerprint density at radius 1 is 1.10 bits per heavy atom. The second kappa shape index (κ2) is 2.06. The van der Waals surface area contributed by atoms with Crippen molar-refractivity contribution < 1.29 is 22.0 Å². The number of halogens is 5. The highest BCUT2D eigenvalue weighted by Gasteiger charge is 2.60. The van der Waals surface area contributed by atoms with Crippen LogP contribution in [0.1, 0.15) is 0 Å². The molecule has 0 saturated carbocycles. The van der Waals surface area contributed by atoms with Crippen LogP contribution in [0.15, 0.2) is 0 Å². The van der Waals surface area contributed by atoms with Crippen molar-refractivity contribution in [1.82, 2.24) is 0 Å². The Bertz CT molecular complexity index is 147. The van der Waals surface area contributed by atoms with Crippen molar-refractivity contribution in [3.63, 3.8) is 0 Å². The summed E-state index contributed by atoms with van der Waals surface area (Å²) in [7, 11) is 0. The molecule has 0 aromatic heterocycles. The van der Waals surface area contributed by atoms with E-state index in [1.807, 2.05) is 0 Å². The number of rotatable bonds is 1. The summed E-state index contributed by atoms with van der Waals surface area (Å²) < 4.78 is 56.5. The third kappa shape index (κ3) is 1.34. The Balaban J connectivity index is 4.57. The third-order valence-electron chi connectivity index (χ3n) is 0.694. The Morgan fingerprint density at radius 3 is 1.40 bits per heavy atom. The number of hydrogen-bond donors (Lipinski definition) is 2. The predicted molar refractivity (Wildman–Crippen MR) is 22.9 cm³/mol. The van der Waals surface area contributed by atoms with Crippen molar-refractivity contribution in [3.05, 3.63) is 0 Å². The van der Waals surface area contributed by atoms with Gasteiger partial charge in [-0.2, -0.15) is 22.0 Å². The van der Waals surface area contributed by atoms with E-state index in [1.54, 1.807) is 0 Å². The van der Waals surface area contributed by atoms with Gasteiger partial charge >= 0.3 is 12.1 Å². The van der Waals surface area contributed by atoms with Crippen LogP contribution >= 0.6 is 0 Å². The molecule has 0 unspecified atom stereocenters. The van der Waals surface area contributed by atoms with Gasteiger partial charge in [-0.05, 0) is 0 Å². The van der Waals surface area contributed by atoms with Crippen LogP contribution in [0.5, 0.6) is 0 Å². The molecule has 10 heavy (non-hydrogen) atoms. The van der Waals surface area contributed by atoms with Crippen LogP contribution in [0.2, 0.25) is 0 Å². The van der Waals surface area contributed by atoms with Gasteiger partial charge in [0.05, 0.1) is 0 Å². The van der Waals surface area contributed by atoms with E-state index >= 15 is 0 Å². The topological polar surface area (TPSA) is 49.9 Å². The minimum atomic E-state index is -5.77. The molecule has 3 N–H and O–H groups in total. The molecule has 0 heterocycles. The average molecular weight is 162 g/mol. The molecule has 7 heteroatoms. The molecule has 0 rings (SSSR count). The molecule has 0 amide bonds. The van der Waals surface area contributed by atoms with E-state index in [-0.39, 0.29) is 0 Å². The van der Waals surface area contributed by atoms with Gasteiger partial charge in [0.25, 0.3) is 0 Å². The van der Waals surface area contributed by atoms with Crippen LogP contribution in [0, 0.1) is 5.41 Å². The van der Waals surface area contributed by atoms with Crippen molar-refractivity contribution in [2.45, 2.75) is 12.1 Å².